The van der Waals surface area contributed by atoms with Gasteiger partial charge in [0.05, 0.1) is 6.04 Å². The van der Waals surface area contributed by atoms with Crippen LogP contribution in [0.5, 0.6) is 0 Å². The van der Waals surface area contributed by atoms with Crippen LogP contribution in [0, 0.1) is 0 Å². The summed E-state index contributed by atoms with van der Waals surface area (Å²) in [4.78, 5) is 23.1. The summed E-state index contributed by atoms with van der Waals surface area (Å²) >= 11 is 1.90. The fourth-order valence-corrected chi connectivity index (χ4v) is 3.19. The highest BCUT2D eigenvalue weighted by Gasteiger charge is 2.24. The van der Waals surface area contributed by atoms with Crippen LogP contribution in [-0.4, -0.2) is 42.1 Å². The number of carbonyl (C=O) groups is 2. The number of hydrogen-bond donors (Lipinski definition) is 3. The normalized spacial score (nSPS) is 24.6. The molecule has 0 aromatic carbocycles. The van der Waals surface area contributed by atoms with Gasteiger partial charge in [0.15, 0.2) is 0 Å². The number of urea groups is 1. The summed E-state index contributed by atoms with van der Waals surface area (Å²) in [7, 11) is 0. The Kier molecular flexibility index (Phi) is 7.23. The molecule has 5 nitrogen and oxygen atoms in total. The summed E-state index contributed by atoms with van der Waals surface area (Å²) in [6, 6.07) is -0.388. The molecule has 0 bridgehead atoms. The third kappa shape index (κ3) is 5.82. The Balaban J connectivity index is 2.34. The molecule has 0 aromatic rings. The van der Waals surface area contributed by atoms with Gasteiger partial charge in [-0.25, -0.2) is 4.79 Å². The summed E-state index contributed by atoms with van der Waals surface area (Å²) in [5.74, 6) is -0.266. The lowest BCUT2D eigenvalue weighted by Crippen LogP contribution is -2.51. The molecular formula is C13H25N3O2S. The van der Waals surface area contributed by atoms with Crippen molar-refractivity contribution in [3.05, 3.63) is 0 Å². The summed E-state index contributed by atoms with van der Waals surface area (Å²) < 4.78 is 0. The highest BCUT2D eigenvalue weighted by molar-refractivity contribution is 7.99. The number of amides is 3. The molecule has 3 atom stereocenters. The molecule has 6 heteroatoms. The Morgan fingerprint density at radius 3 is 2.74 bits per heavy atom. The van der Waals surface area contributed by atoms with E-state index in [9.17, 15) is 9.59 Å². The molecule has 110 valence electrons. The minimum absolute atomic E-state index is 0.266. The molecule has 1 saturated carbocycles. The number of nitrogens with one attached hydrogen (secondary N) is 3. The molecule has 19 heavy (non-hydrogen) atoms. The number of thioether (sulfide) groups is 1. The van der Waals surface area contributed by atoms with Crippen molar-refractivity contribution >= 4 is 23.7 Å². The van der Waals surface area contributed by atoms with Crippen molar-refractivity contribution in [2.45, 2.75) is 56.9 Å². The van der Waals surface area contributed by atoms with E-state index in [0.29, 0.717) is 17.8 Å². The standard InChI is InChI=1S/C13H25N3O2S/c1-4-14-13(18)16-12(17)9(2)15-10-6-5-7-11(8-10)19-3/h9-11,15H,4-8H2,1-3H3,(H2,14,16,17,18). The molecule has 0 aliphatic heterocycles. The van der Waals surface area contributed by atoms with Crippen molar-refractivity contribution in [3.63, 3.8) is 0 Å². The Hall–Kier alpha value is -0.750. The number of carbonyl (C=O) groups excluding carboxylic acids is 2. The molecule has 0 heterocycles. The van der Waals surface area contributed by atoms with Crippen LogP contribution >= 0.6 is 11.8 Å². The highest BCUT2D eigenvalue weighted by atomic mass is 32.2. The van der Waals surface area contributed by atoms with Gasteiger partial charge in [0.2, 0.25) is 5.91 Å². The molecule has 3 unspecified atom stereocenters. The lowest BCUT2D eigenvalue weighted by Gasteiger charge is -2.30. The van der Waals surface area contributed by atoms with E-state index in [1.807, 2.05) is 18.7 Å². The monoisotopic (exact) mass is 287 g/mol. The van der Waals surface area contributed by atoms with Crippen LogP contribution in [0.3, 0.4) is 0 Å². The molecule has 3 N–H and O–H groups in total. The predicted octanol–water partition coefficient (Wildman–Crippen LogP) is 1.48. The van der Waals surface area contributed by atoms with Crippen molar-refractivity contribution in [2.24, 2.45) is 0 Å². The summed E-state index contributed by atoms with van der Waals surface area (Å²) in [5.41, 5.74) is 0. The maximum Gasteiger partial charge on any atom is 0.321 e. The van der Waals surface area contributed by atoms with Crippen LogP contribution in [0.4, 0.5) is 4.79 Å². The van der Waals surface area contributed by atoms with E-state index >= 15 is 0 Å². The smallest absolute Gasteiger partial charge is 0.321 e. The highest BCUT2D eigenvalue weighted by Crippen LogP contribution is 2.27. The van der Waals surface area contributed by atoms with Crippen LogP contribution in [-0.2, 0) is 4.79 Å². The van der Waals surface area contributed by atoms with Crippen LogP contribution in [0.1, 0.15) is 39.5 Å². The molecule has 1 fully saturated rings. The van der Waals surface area contributed by atoms with Gasteiger partial charge in [-0.15, -0.1) is 0 Å². The van der Waals surface area contributed by atoms with Crippen molar-refractivity contribution in [2.75, 3.05) is 12.8 Å². The average Bonchev–Trinajstić information content (AvgIpc) is 2.39. The van der Waals surface area contributed by atoms with Gasteiger partial charge in [0, 0.05) is 17.8 Å². The largest absolute Gasteiger partial charge is 0.338 e. The Bertz CT molecular complexity index is 312. The quantitative estimate of drug-likeness (QED) is 0.716. The zero-order valence-corrected chi connectivity index (χ0v) is 12.8. The maximum atomic E-state index is 11.8. The second kappa shape index (κ2) is 8.43. The van der Waals surface area contributed by atoms with E-state index in [1.165, 1.54) is 12.8 Å². The number of imide groups is 1. The van der Waals surface area contributed by atoms with Crippen molar-refractivity contribution < 1.29 is 9.59 Å². The minimum Gasteiger partial charge on any atom is -0.338 e. The first kappa shape index (κ1) is 16.3. The Morgan fingerprint density at radius 2 is 2.11 bits per heavy atom. The van der Waals surface area contributed by atoms with Gasteiger partial charge in [0.25, 0.3) is 0 Å². The topological polar surface area (TPSA) is 70.2 Å². The van der Waals surface area contributed by atoms with Crippen LogP contribution in [0.15, 0.2) is 0 Å². The second-order valence-electron chi connectivity index (χ2n) is 4.96. The molecule has 1 rings (SSSR count). The van der Waals surface area contributed by atoms with E-state index in [0.717, 1.165) is 12.8 Å². The van der Waals surface area contributed by atoms with Gasteiger partial charge in [-0.2, -0.15) is 11.8 Å². The van der Waals surface area contributed by atoms with Crippen molar-refractivity contribution in [1.29, 1.82) is 0 Å². The second-order valence-corrected chi connectivity index (χ2v) is 6.10. The molecule has 1 aliphatic carbocycles. The zero-order valence-electron chi connectivity index (χ0n) is 12.0. The molecule has 3 amide bonds. The minimum atomic E-state index is -0.424. The van der Waals surface area contributed by atoms with E-state index < -0.39 is 6.03 Å². The molecule has 0 spiro atoms. The number of rotatable bonds is 5. The lowest BCUT2D eigenvalue weighted by molar-refractivity contribution is -0.121. The summed E-state index contributed by atoms with van der Waals surface area (Å²) in [6.45, 7) is 4.13. The zero-order chi connectivity index (χ0) is 14.3. The van der Waals surface area contributed by atoms with Gasteiger partial charge in [-0.3, -0.25) is 10.1 Å². The van der Waals surface area contributed by atoms with Gasteiger partial charge in [0.1, 0.15) is 0 Å². The summed E-state index contributed by atoms with van der Waals surface area (Å²) in [6.07, 6.45) is 6.81. The third-order valence-electron chi connectivity index (χ3n) is 3.41. The molecule has 0 radical (unpaired) electrons. The SMILES string of the molecule is CCNC(=O)NC(=O)C(C)NC1CCCC(SC)C1. The van der Waals surface area contributed by atoms with Crippen molar-refractivity contribution in [3.8, 4) is 0 Å². The van der Waals surface area contributed by atoms with Gasteiger partial charge in [-0.1, -0.05) is 6.42 Å². The van der Waals surface area contributed by atoms with E-state index in [2.05, 4.69) is 22.2 Å². The Labute approximate surface area is 119 Å². The lowest BCUT2D eigenvalue weighted by atomic mass is 9.94. The van der Waals surface area contributed by atoms with Crippen LogP contribution in [0.25, 0.3) is 0 Å². The first-order valence-electron chi connectivity index (χ1n) is 6.94. The van der Waals surface area contributed by atoms with E-state index in [4.69, 9.17) is 0 Å². The average molecular weight is 287 g/mol. The third-order valence-corrected chi connectivity index (χ3v) is 4.51. The molecule has 0 saturated heterocycles. The van der Waals surface area contributed by atoms with E-state index in [-0.39, 0.29) is 11.9 Å². The van der Waals surface area contributed by atoms with Gasteiger partial charge < -0.3 is 10.6 Å². The van der Waals surface area contributed by atoms with Gasteiger partial charge >= 0.3 is 6.03 Å². The predicted molar refractivity (Wildman–Crippen MR) is 79.4 cm³/mol. The van der Waals surface area contributed by atoms with Crippen molar-refractivity contribution in [1.82, 2.24) is 16.0 Å². The first-order valence-corrected chi connectivity index (χ1v) is 8.23. The number of hydrogen-bond acceptors (Lipinski definition) is 4. The fourth-order valence-electron chi connectivity index (χ4n) is 2.36. The Morgan fingerprint density at radius 1 is 1.37 bits per heavy atom. The summed E-state index contributed by atoms with van der Waals surface area (Å²) in [5, 5.41) is 8.90. The van der Waals surface area contributed by atoms with E-state index in [1.54, 1.807) is 6.92 Å². The molecule has 1 aliphatic rings. The van der Waals surface area contributed by atoms with Crippen LogP contribution < -0.4 is 16.0 Å². The van der Waals surface area contributed by atoms with Gasteiger partial charge in [-0.05, 0) is 39.4 Å². The van der Waals surface area contributed by atoms with Crippen LogP contribution in [0.2, 0.25) is 0 Å². The first-order chi connectivity index (χ1) is 9.06. The maximum absolute atomic E-state index is 11.8. The fraction of sp³-hybridized carbons (Fsp3) is 0.846. The molecular weight excluding hydrogens is 262 g/mol. The molecule has 0 aromatic heterocycles.